The molecule has 1 aromatic rings. The van der Waals surface area contributed by atoms with Crippen molar-refractivity contribution in [3.63, 3.8) is 0 Å². The van der Waals surface area contributed by atoms with Crippen LogP contribution in [-0.4, -0.2) is 35.0 Å². The molecule has 1 saturated heterocycles. The third-order valence-corrected chi connectivity index (χ3v) is 2.87. The van der Waals surface area contributed by atoms with E-state index in [1.54, 1.807) is 4.90 Å². The number of carbonyl (C=O) groups excluding carboxylic acids is 1. The zero-order valence-electron chi connectivity index (χ0n) is 10.1. The lowest BCUT2D eigenvalue weighted by Crippen LogP contribution is -2.40. The average molecular weight is 248 g/mol. The molecule has 0 saturated carbocycles. The molecule has 0 bridgehead atoms. The SMILES string of the molecule is O=C(OCc1ccccc1)N1CCC/C(=N/O)C1. The lowest BCUT2D eigenvalue weighted by atomic mass is 10.1. The summed E-state index contributed by atoms with van der Waals surface area (Å²) in [6.07, 6.45) is 1.18. The lowest BCUT2D eigenvalue weighted by Gasteiger charge is -2.26. The first-order valence-electron chi connectivity index (χ1n) is 5.95. The molecule has 2 rings (SSSR count). The van der Waals surface area contributed by atoms with E-state index in [4.69, 9.17) is 9.94 Å². The highest BCUT2D eigenvalue weighted by Gasteiger charge is 2.21. The highest BCUT2D eigenvalue weighted by atomic mass is 16.6. The van der Waals surface area contributed by atoms with E-state index in [1.807, 2.05) is 30.3 Å². The fourth-order valence-corrected chi connectivity index (χ4v) is 1.90. The van der Waals surface area contributed by atoms with Crippen LogP contribution in [-0.2, 0) is 11.3 Å². The van der Waals surface area contributed by atoms with Crippen LogP contribution in [0.1, 0.15) is 18.4 Å². The standard InChI is InChI=1S/C13H16N2O3/c16-13(15-8-4-7-12(9-15)14-17)18-10-11-5-2-1-3-6-11/h1-3,5-6,17H,4,7-10H2/b14-12-. The second kappa shape index (κ2) is 6.05. The Kier molecular flexibility index (Phi) is 4.17. The summed E-state index contributed by atoms with van der Waals surface area (Å²) >= 11 is 0. The topological polar surface area (TPSA) is 62.1 Å². The van der Waals surface area contributed by atoms with E-state index < -0.39 is 0 Å². The van der Waals surface area contributed by atoms with Crippen molar-refractivity contribution in [3.8, 4) is 0 Å². The Bertz CT molecular complexity index is 431. The first-order valence-corrected chi connectivity index (χ1v) is 5.95. The molecule has 1 heterocycles. The van der Waals surface area contributed by atoms with Gasteiger partial charge in [0.1, 0.15) is 6.61 Å². The highest BCUT2D eigenvalue weighted by molar-refractivity contribution is 5.89. The molecule has 0 atom stereocenters. The molecule has 1 aromatic carbocycles. The van der Waals surface area contributed by atoms with Crippen LogP contribution in [0.2, 0.25) is 0 Å². The highest BCUT2D eigenvalue weighted by Crippen LogP contribution is 2.10. The Balaban J connectivity index is 1.84. The molecule has 5 heteroatoms. The van der Waals surface area contributed by atoms with Gasteiger partial charge in [-0.25, -0.2) is 4.79 Å². The molecule has 0 spiro atoms. The predicted octanol–water partition coefficient (Wildman–Crippen LogP) is 2.25. The molecule has 18 heavy (non-hydrogen) atoms. The van der Waals surface area contributed by atoms with Gasteiger partial charge in [-0.3, -0.25) is 0 Å². The normalized spacial score (nSPS) is 17.8. The first kappa shape index (κ1) is 12.4. The van der Waals surface area contributed by atoms with Crippen molar-refractivity contribution in [2.75, 3.05) is 13.1 Å². The van der Waals surface area contributed by atoms with Crippen molar-refractivity contribution < 1.29 is 14.7 Å². The molecule has 1 amide bonds. The van der Waals surface area contributed by atoms with Gasteiger partial charge in [0.15, 0.2) is 0 Å². The Morgan fingerprint density at radius 3 is 2.89 bits per heavy atom. The number of benzene rings is 1. The molecule has 96 valence electrons. The van der Waals surface area contributed by atoms with Gasteiger partial charge in [-0.2, -0.15) is 0 Å². The van der Waals surface area contributed by atoms with Crippen LogP contribution in [0.5, 0.6) is 0 Å². The second-order valence-corrected chi connectivity index (χ2v) is 4.23. The zero-order valence-corrected chi connectivity index (χ0v) is 10.1. The van der Waals surface area contributed by atoms with Crippen molar-refractivity contribution in [2.24, 2.45) is 5.16 Å². The van der Waals surface area contributed by atoms with Gasteiger partial charge in [0.25, 0.3) is 0 Å². The van der Waals surface area contributed by atoms with Crippen LogP contribution in [0.3, 0.4) is 0 Å². The molecular weight excluding hydrogens is 232 g/mol. The smallest absolute Gasteiger partial charge is 0.410 e. The van der Waals surface area contributed by atoms with Gasteiger partial charge in [-0.05, 0) is 18.4 Å². The van der Waals surface area contributed by atoms with E-state index in [1.165, 1.54) is 0 Å². The van der Waals surface area contributed by atoms with Crippen LogP contribution >= 0.6 is 0 Å². The number of piperidine rings is 1. The Hall–Kier alpha value is -2.04. The summed E-state index contributed by atoms with van der Waals surface area (Å²) in [4.78, 5) is 13.4. The van der Waals surface area contributed by atoms with Gasteiger partial charge < -0.3 is 14.8 Å². The quantitative estimate of drug-likeness (QED) is 0.645. The van der Waals surface area contributed by atoms with E-state index in [0.717, 1.165) is 18.4 Å². The third-order valence-electron chi connectivity index (χ3n) is 2.87. The number of carbonyl (C=O) groups is 1. The van der Waals surface area contributed by atoms with E-state index in [9.17, 15) is 4.79 Å². The van der Waals surface area contributed by atoms with Crippen LogP contribution in [0.4, 0.5) is 4.79 Å². The fraction of sp³-hybridized carbons (Fsp3) is 0.385. The summed E-state index contributed by atoms with van der Waals surface area (Å²) in [5.74, 6) is 0. The maximum atomic E-state index is 11.8. The molecule has 1 fully saturated rings. The summed E-state index contributed by atoms with van der Waals surface area (Å²) in [5, 5.41) is 11.9. The van der Waals surface area contributed by atoms with Crippen molar-refractivity contribution in [1.82, 2.24) is 4.90 Å². The monoisotopic (exact) mass is 248 g/mol. The minimum absolute atomic E-state index is 0.266. The number of nitrogens with zero attached hydrogens (tertiary/aromatic N) is 2. The van der Waals surface area contributed by atoms with E-state index >= 15 is 0 Å². The molecule has 5 nitrogen and oxygen atoms in total. The van der Waals surface area contributed by atoms with Gasteiger partial charge in [0, 0.05) is 6.54 Å². The van der Waals surface area contributed by atoms with Crippen molar-refractivity contribution >= 4 is 11.8 Å². The number of rotatable bonds is 2. The lowest BCUT2D eigenvalue weighted by molar-refractivity contribution is 0.0986. The number of likely N-dealkylation sites (tertiary alicyclic amines) is 1. The molecule has 0 radical (unpaired) electrons. The fourth-order valence-electron chi connectivity index (χ4n) is 1.90. The summed E-state index contributed by atoms with van der Waals surface area (Å²) < 4.78 is 5.21. The number of ether oxygens (including phenoxy) is 1. The third kappa shape index (κ3) is 3.23. The molecule has 1 aliphatic heterocycles. The van der Waals surface area contributed by atoms with Crippen LogP contribution in [0.25, 0.3) is 0 Å². The molecule has 0 aromatic heterocycles. The summed E-state index contributed by atoms with van der Waals surface area (Å²) in [5.41, 5.74) is 1.58. The Morgan fingerprint density at radius 2 is 2.17 bits per heavy atom. The minimum Gasteiger partial charge on any atom is -0.445 e. The van der Waals surface area contributed by atoms with Gasteiger partial charge >= 0.3 is 6.09 Å². The number of hydrogen-bond acceptors (Lipinski definition) is 4. The molecule has 0 aliphatic carbocycles. The van der Waals surface area contributed by atoms with Crippen molar-refractivity contribution in [2.45, 2.75) is 19.4 Å². The molecule has 1 N–H and O–H groups in total. The van der Waals surface area contributed by atoms with Crippen LogP contribution < -0.4 is 0 Å². The number of amides is 1. The summed E-state index contributed by atoms with van der Waals surface area (Å²) in [7, 11) is 0. The van der Waals surface area contributed by atoms with E-state index in [2.05, 4.69) is 5.16 Å². The minimum atomic E-state index is -0.361. The van der Waals surface area contributed by atoms with Gasteiger partial charge in [0.05, 0.1) is 12.3 Å². The van der Waals surface area contributed by atoms with E-state index in [-0.39, 0.29) is 12.7 Å². The van der Waals surface area contributed by atoms with Gasteiger partial charge in [-0.1, -0.05) is 35.5 Å². The second-order valence-electron chi connectivity index (χ2n) is 4.23. The largest absolute Gasteiger partial charge is 0.445 e. The Morgan fingerprint density at radius 1 is 1.39 bits per heavy atom. The summed E-state index contributed by atoms with van der Waals surface area (Å²) in [6.45, 7) is 1.26. The summed E-state index contributed by atoms with van der Waals surface area (Å²) in [6, 6.07) is 9.54. The Labute approximate surface area is 106 Å². The van der Waals surface area contributed by atoms with Crippen LogP contribution in [0.15, 0.2) is 35.5 Å². The van der Waals surface area contributed by atoms with Gasteiger partial charge in [-0.15, -0.1) is 0 Å². The molecule has 0 unspecified atom stereocenters. The van der Waals surface area contributed by atoms with Crippen molar-refractivity contribution in [3.05, 3.63) is 35.9 Å². The maximum absolute atomic E-state index is 11.8. The maximum Gasteiger partial charge on any atom is 0.410 e. The zero-order chi connectivity index (χ0) is 12.8. The molecule has 1 aliphatic rings. The first-order chi connectivity index (χ1) is 8.79. The van der Waals surface area contributed by atoms with Crippen molar-refractivity contribution in [1.29, 1.82) is 0 Å². The average Bonchev–Trinajstić information content (AvgIpc) is 2.46. The molecular formula is C13H16N2O3. The van der Waals surface area contributed by atoms with Gasteiger partial charge in [0.2, 0.25) is 0 Å². The number of hydrogen-bond donors (Lipinski definition) is 1. The van der Waals surface area contributed by atoms with E-state index in [0.29, 0.717) is 18.8 Å². The number of oxime groups is 1. The predicted molar refractivity (Wildman–Crippen MR) is 66.7 cm³/mol. The van der Waals surface area contributed by atoms with Crippen LogP contribution in [0, 0.1) is 0 Å².